The third kappa shape index (κ3) is 4.17. The maximum absolute atomic E-state index is 13.6. The van der Waals surface area contributed by atoms with E-state index in [1.54, 1.807) is 12.1 Å². The van der Waals surface area contributed by atoms with Crippen LogP contribution in [-0.4, -0.2) is 44.2 Å². The SMILES string of the molecule is CCC(N)Cc1cc(F)ccc1N(C)C1CCN(C)CC1. The fourth-order valence-corrected chi connectivity index (χ4v) is 3.07. The summed E-state index contributed by atoms with van der Waals surface area (Å²) in [5.74, 6) is -0.172. The van der Waals surface area contributed by atoms with Crippen LogP contribution in [0.15, 0.2) is 18.2 Å². The molecule has 1 saturated heterocycles. The van der Waals surface area contributed by atoms with Gasteiger partial charge in [-0.25, -0.2) is 4.39 Å². The largest absolute Gasteiger partial charge is 0.371 e. The predicted octanol–water partition coefficient (Wildman–Crippen LogP) is 2.64. The van der Waals surface area contributed by atoms with Crippen LogP contribution in [0.5, 0.6) is 0 Å². The van der Waals surface area contributed by atoms with E-state index in [-0.39, 0.29) is 11.9 Å². The van der Waals surface area contributed by atoms with Crippen LogP contribution in [0.1, 0.15) is 31.7 Å². The molecule has 2 N–H and O–H groups in total. The van der Waals surface area contributed by atoms with E-state index >= 15 is 0 Å². The zero-order valence-corrected chi connectivity index (χ0v) is 13.5. The monoisotopic (exact) mass is 293 g/mol. The molecule has 0 aliphatic carbocycles. The second-order valence-electron chi connectivity index (χ2n) is 6.29. The van der Waals surface area contributed by atoms with Crippen LogP contribution in [-0.2, 0) is 6.42 Å². The first-order chi connectivity index (χ1) is 10.0. The molecule has 21 heavy (non-hydrogen) atoms. The van der Waals surface area contributed by atoms with Gasteiger partial charge in [0.15, 0.2) is 0 Å². The quantitative estimate of drug-likeness (QED) is 0.906. The predicted molar refractivity (Wildman–Crippen MR) is 87.3 cm³/mol. The number of rotatable bonds is 5. The highest BCUT2D eigenvalue weighted by molar-refractivity contribution is 5.54. The first kappa shape index (κ1) is 16.2. The molecule has 3 nitrogen and oxygen atoms in total. The van der Waals surface area contributed by atoms with Crippen LogP contribution < -0.4 is 10.6 Å². The van der Waals surface area contributed by atoms with Crippen molar-refractivity contribution in [2.75, 3.05) is 32.1 Å². The number of piperidine rings is 1. The van der Waals surface area contributed by atoms with Crippen molar-refractivity contribution < 1.29 is 4.39 Å². The lowest BCUT2D eigenvalue weighted by atomic mass is 9.99. The molecule has 4 heteroatoms. The lowest BCUT2D eigenvalue weighted by molar-refractivity contribution is 0.252. The lowest BCUT2D eigenvalue weighted by Crippen LogP contribution is -2.42. The zero-order valence-electron chi connectivity index (χ0n) is 13.5. The van der Waals surface area contributed by atoms with E-state index in [1.165, 1.54) is 0 Å². The summed E-state index contributed by atoms with van der Waals surface area (Å²) in [6, 6.07) is 5.74. The summed E-state index contributed by atoms with van der Waals surface area (Å²) in [5, 5.41) is 0. The summed E-state index contributed by atoms with van der Waals surface area (Å²) in [6.07, 6.45) is 3.96. The van der Waals surface area contributed by atoms with Crippen molar-refractivity contribution >= 4 is 5.69 Å². The molecule has 0 aromatic heterocycles. The minimum atomic E-state index is -0.172. The van der Waals surface area contributed by atoms with Gasteiger partial charge in [0, 0.05) is 24.8 Å². The Morgan fingerprint density at radius 2 is 2.05 bits per heavy atom. The third-order valence-corrected chi connectivity index (χ3v) is 4.66. The Morgan fingerprint density at radius 1 is 1.38 bits per heavy atom. The molecule has 1 aromatic carbocycles. The van der Waals surface area contributed by atoms with Crippen molar-refractivity contribution in [3.8, 4) is 0 Å². The van der Waals surface area contributed by atoms with Gasteiger partial charge in [-0.1, -0.05) is 6.92 Å². The molecule has 0 bridgehead atoms. The smallest absolute Gasteiger partial charge is 0.123 e. The number of hydrogen-bond donors (Lipinski definition) is 1. The molecule has 0 saturated carbocycles. The summed E-state index contributed by atoms with van der Waals surface area (Å²) in [6.45, 7) is 4.32. The molecule has 0 amide bonds. The van der Waals surface area contributed by atoms with E-state index in [2.05, 4.69) is 30.8 Å². The van der Waals surface area contributed by atoms with E-state index in [0.717, 1.165) is 50.0 Å². The molecule has 1 aliphatic heterocycles. The highest BCUT2D eigenvalue weighted by atomic mass is 19.1. The maximum atomic E-state index is 13.6. The number of halogens is 1. The van der Waals surface area contributed by atoms with Gasteiger partial charge < -0.3 is 15.5 Å². The first-order valence-corrected chi connectivity index (χ1v) is 7.96. The lowest BCUT2D eigenvalue weighted by Gasteiger charge is -2.37. The molecule has 0 radical (unpaired) electrons. The van der Waals surface area contributed by atoms with Gasteiger partial charge in [-0.2, -0.15) is 0 Å². The van der Waals surface area contributed by atoms with Gasteiger partial charge in [-0.15, -0.1) is 0 Å². The first-order valence-electron chi connectivity index (χ1n) is 7.96. The zero-order chi connectivity index (χ0) is 15.4. The average molecular weight is 293 g/mol. The Labute approximate surface area is 127 Å². The molecule has 1 aliphatic rings. The van der Waals surface area contributed by atoms with Crippen molar-refractivity contribution in [3.63, 3.8) is 0 Å². The van der Waals surface area contributed by atoms with Crippen molar-refractivity contribution in [2.24, 2.45) is 5.73 Å². The Hall–Kier alpha value is -1.13. The Balaban J connectivity index is 2.17. The Kier molecular flexibility index (Phi) is 5.59. The molecular weight excluding hydrogens is 265 g/mol. The fraction of sp³-hybridized carbons (Fsp3) is 0.647. The van der Waals surface area contributed by atoms with Crippen LogP contribution in [0.4, 0.5) is 10.1 Å². The second kappa shape index (κ2) is 7.23. The maximum Gasteiger partial charge on any atom is 0.123 e. The van der Waals surface area contributed by atoms with Gasteiger partial charge in [0.05, 0.1) is 0 Å². The van der Waals surface area contributed by atoms with E-state index in [9.17, 15) is 4.39 Å². The summed E-state index contributed by atoms with van der Waals surface area (Å²) < 4.78 is 13.6. The molecular formula is C17H28FN3. The van der Waals surface area contributed by atoms with E-state index in [4.69, 9.17) is 5.73 Å². The van der Waals surface area contributed by atoms with Crippen molar-refractivity contribution in [2.45, 2.75) is 44.7 Å². The average Bonchev–Trinajstić information content (AvgIpc) is 2.47. The standard InChI is InChI=1S/C17H28FN3/c1-4-15(19)12-13-11-14(18)5-6-17(13)21(3)16-7-9-20(2)10-8-16/h5-6,11,15-16H,4,7-10,12,19H2,1-3H3. The normalized spacial score (nSPS) is 18.7. The van der Waals surface area contributed by atoms with Crippen LogP contribution in [0, 0.1) is 5.82 Å². The fourth-order valence-electron chi connectivity index (χ4n) is 3.07. The van der Waals surface area contributed by atoms with Crippen molar-refractivity contribution in [3.05, 3.63) is 29.6 Å². The van der Waals surface area contributed by atoms with Crippen molar-refractivity contribution in [1.29, 1.82) is 0 Å². The van der Waals surface area contributed by atoms with Gasteiger partial charge in [-0.05, 0) is 69.6 Å². The van der Waals surface area contributed by atoms with E-state index in [0.29, 0.717) is 6.04 Å². The number of nitrogens with two attached hydrogens (primary N) is 1. The van der Waals surface area contributed by atoms with Crippen LogP contribution in [0.25, 0.3) is 0 Å². The van der Waals surface area contributed by atoms with E-state index in [1.807, 2.05) is 6.07 Å². The van der Waals surface area contributed by atoms with Crippen LogP contribution in [0.3, 0.4) is 0 Å². The Bertz CT molecular complexity index is 455. The second-order valence-corrected chi connectivity index (χ2v) is 6.29. The Morgan fingerprint density at radius 3 is 2.67 bits per heavy atom. The molecule has 1 heterocycles. The minimum absolute atomic E-state index is 0.0939. The topological polar surface area (TPSA) is 32.5 Å². The van der Waals surface area contributed by atoms with Gasteiger partial charge in [0.1, 0.15) is 5.82 Å². The third-order valence-electron chi connectivity index (χ3n) is 4.66. The number of anilines is 1. The summed E-state index contributed by atoms with van der Waals surface area (Å²) in [4.78, 5) is 4.69. The molecule has 1 atom stereocenters. The molecule has 1 fully saturated rings. The molecule has 1 unspecified atom stereocenters. The highest BCUT2D eigenvalue weighted by Crippen LogP contribution is 2.27. The van der Waals surface area contributed by atoms with Gasteiger partial charge in [-0.3, -0.25) is 0 Å². The molecule has 1 aromatic rings. The van der Waals surface area contributed by atoms with E-state index < -0.39 is 0 Å². The minimum Gasteiger partial charge on any atom is -0.371 e. The number of nitrogens with zero attached hydrogens (tertiary/aromatic N) is 2. The molecule has 118 valence electrons. The number of likely N-dealkylation sites (tertiary alicyclic amines) is 1. The summed E-state index contributed by atoms with van der Waals surface area (Å²) >= 11 is 0. The highest BCUT2D eigenvalue weighted by Gasteiger charge is 2.22. The summed E-state index contributed by atoms with van der Waals surface area (Å²) in [5.41, 5.74) is 8.24. The molecule has 2 rings (SSSR count). The molecule has 0 spiro atoms. The van der Waals surface area contributed by atoms with Gasteiger partial charge in [0.25, 0.3) is 0 Å². The van der Waals surface area contributed by atoms with Crippen molar-refractivity contribution in [1.82, 2.24) is 4.90 Å². The van der Waals surface area contributed by atoms with Gasteiger partial charge in [0.2, 0.25) is 0 Å². The van der Waals surface area contributed by atoms with Gasteiger partial charge >= 0.3 is 0 Å². The van der Waals surface area contributed by atoms with Crippen LogP contribution >= 0.6 is 0 Å². The summed E-state index contributed by atoms with van der Waals surface area (Å²) in [7, 11) is 4.30. The van der Waals surface area contributed by atoms with Crippen LogP contribution in [0.2, 0.25) is 0 Å². The number of benzene rings is 1. The number of hydrogen-bond acceptors (Lipinski definition) is 3.